The number of nitrogens with one attached hydrogen (secondary N) is 1. The first-order chi connectivity index (χ1) is 13.2. The van der Waals surface area contributed by atoms with E-state index in [4.69, 9.17) is 0 Å². The van der Waals surface area contributed by atoms with E-state index in [-0.39, 0.29) is 18.0 Å². The van der Waals surface area contributed by atoms with Crippen LogP contribution in [0.4, 0.5) is 5.69 Å². The summed E-state index contributed by atoms with van der Waals surface area (Å²) in [5.74, 6) is -1.39. The maximum Gasteiger partial charge on any atom is 0.158 e. The minimum Gasteiger partial charge on any atom is -0.389 e. The van der Waals surface area contributed by atoms with E-state index in [2.05, 4.69) is 5.32 Å². The Hall–Kier alpha value is -2.72. The van der Waals surface area contributed by atoms with Gasteiger partial charge in [-0.3, -0.25) is 9.59 Å². The maximum atomic E-state index is 12.7. The first kappa shape index (κ1) is 20.0. The first-order valence-corrected chi connectivity index (χ1v) is 9.56. The zero-order valence-electron chi connectivity index (χ0n) is 16.8. The van der Waals surface area contributed by atoms with Gasteiger partial charge in [-0.1, -0.05) is 48.0 Å². The Bertz CT molecular complexity index is 911. The monoisotopic (exact) mass is 377 g/mol. The van der Waals surface area contributed by atoms with Gasteiger partial charge in [0.15, 0.2) is 5.78 Å². The molecule has 0 aliphatic heterocycles. The van der Waals surface area contributed by atoms with Crippen LogP contribution in [0.2, 0.25) is 0 Å². The van der Waals surface area contributed by atoms with Crippen molar-refractivity contribution in [3.63, 3.8) is 0 Å². The molecular weight excluding hydrogens is 350 g/mol. The lowest BCUT2D eigenvalue weighted by Crippen LogP contribution is -2.48. The molecule has 4 nitrogen and oxygen atoms in total. The van der Waals surface area contributed by atoms with Crippen LogP contribution >= 0.6 is 0 Å². The number of Topliss-reactive ketones (excluding diaryl/α,β-unsaturated/α-hetero) is 2. The lowest BCUT2D eigenvalue weighted by atomic mass is 9.64. The Morgan fingerprint density at radius 1 is 1.04 bits per heavy atom. The number of allylic oxidation sites excluding steroid dienone is 1. The standard InChI is InChI=1S/C24H27NO3/c1-15-10-12-19(13-11-15)25-20-14-24(4,28)23(17(3)27)22(21(20)16(2)26)18-8-6-5-7-9-18/h5-13,22-23,25,28H,14H2,1-4H3/t22-,23-,24-/m1/s1. The van der Waals surface area contributed by atoms with Gasteiger partial charge in [0.25, 0.3) is 0 Å². The van der Waals surface area contributed by atoms with Crippen molar-refractivity contribution in [3.8, 4) is 0 Å². The SMILES string of the molecule is CC(=O)C1=C(Nc2ccc(C)cc2)C[C@@](C)(O)[C@H](C(C)=O)[C@@H]1c1ccccc1. The van der Waals surface area contributed by atoms with Crippen LogP contribution in [0, 0.1) is 12.8 Å². The average molecular weight is 377 g/mol. The first-order valence-electron chi connectivity index (χ1n) is 9.56. The molecule has 0 saturated carbocycles. The Balaban J connectivity index is 2.18. The third-order valence-electron chi connectivity index (χ3n) is 5.50. The quantitative estimate of drug-likeness (QED) is 0.811. The van der Waals surface area contributed by atoms with Crippen molar-refractivity contribution in [3.05, 3.63) is 77.0 Å². The number of hydrogen-bond acceptors (Lipinski definition) is 4. The van der Waals surface area contributed by atoms with Crippen molar-refractivity contribution in [2.75, 3.05) is 5.32 Å². The molecule has 1 aliphatic rings. The molecule has 2 aromatic rings. The van der Waals surface area contributed by atoms with Crippen LogP contribution in [0.1, 0.15) is 44.2 Å². The van der Waals surface area contributed by atoms with Gasteiger partial charge in [-0.2, -0.15) is 0 Å². The fourth-order valence-electron chi connectivity index (χ4n) is 4.32. The van der Waals surface area contributed by atoms with Crippen molar-refractivity contribution < 1.29 is 14.7 Å². The number of anilines is 1. The molecule has 2 aromatic carbocycles. The smallest absolute Gasteiger partial charge is 0.158 e. The molecule has 2 N–H and O–H groups in total. The molecule has 0 heterocycles. The molecule has 0 spiro atoms. The van der Waals surface area contributed by atoms with E-state index in [0.29, 0.717) is 11.3 Å². The summed E-state index contributed by atoms with van der Waals surface area (Å²) in [6, 6.07) is 17.4. The van der Waals surface area contributed by atoms with Crippen LogP contribution in [0.15, 0.2) is 65.9 Å². The number of benzene rings is 2. The normalized spacial score (nSPS) is 24.8. The molecule has 0 saturated heterocycles. The average Bonchev–Trinajstić information content (AvgIpc) is 2.62. The van der Waals surface area contributed by atoms with Gasteiger partial charge in [-0.25, -0.2) is 0 Å². The highest BCUT2D eigenvalue weighted by molar-refractivity contribution is 5.98. The summed E-state index contributed by atoms with van der Waals surface area (Å²) >= 11 is 0. The van der Waals surface area contributed by atoms with E-state index in [0.717, 1.165) is 16.8 Å². The number of carbonyl (C=O) groups excluding carboxylic acids is 2. The summed E-state index contributed by atoms with van der Waals surface area (Å²) in [7, 11) is 0. The van der Waals surface area contributed by atoms with Crippen LogP contribution in [-0.4, -0.2) is 22.3 Å². The molecule has 3 rings (SSSR count). The maximum absolute atomic E-state index is 12.7. The second-order valence-corrected chi connectivity index (χ2v) is 7.95. The minimum absolute atomic E-state index is 0.0924. The predicted molar refractivity (Wildman–Crippen MR) is 111 cm³/mol. The van der Waals surface area contributed by atoms with E-state index < -0.39 is 17.4 Å². The highest BCUT2D eigenvalue weighted by Gasteiger charge is 2.49. The van der Waals surface area contributed by atoms with Crippen LogP contribution < -0.4 is 5.32 Å². The number of carbonyl (C=O) groups is 2. The zero-order valence-corrected chi connectivity index (χ0v) is 16.8. The Labute approximate surface area is 166 Å². The summed E-state index contributed by atoms with van der Waals surface area (Å²) in [4.78, 5) is 25.3. The number of rotatable bonds is 5. The molecule has 0 amide bonds. The summed E-state index contributed by atoms with van der Waals surface area (Å²) in [5, 5.41) is 14.6. The van der Waals surface area contributed by atoms with Crippen LogP contribution in [0.25, 0.3) is 0 Å². The summed E-state index contributed by atoms with van der Waals surface area (Å²) in [6.45, 7) is 6.71. The van der Waals surface area contributed by atoms with E-state index >= 15 is 0 Å². The van der Waals surface area contributed by atoms with Crippen LogP contribution in [0.5, 0.6) is 0 Å². The predicted octanol–water partition coefficient (Wildman–Crippen LogP) is 4.39. The van der Waals surface area contributed by atoms with Gasteiger partial charge < -0.3 is 10.4 Å². The summed E-state index contributed by atoms with van der Waals surface area (Å²) < 4.78 is 0. The fourth-order valence-corrected chi connectivity index (χ4v) is 4.32. The molecule has 146 valence electrons. The molecule has 1 aliphatic carbocycles. The lowest BCUT2D eigenvalue weighted by molar-refractivity contribution is -0.131. The van der Waals surface area contributed by atoms with E-state index in [1.807, 2.05) is 61.5 Å². The Morgan fingerprint density at radius 2 is 1.64 bits per heavy atom. The molecule has 0 unspecified atom stereocenters. The third-order valence-corrected chi connectivity index (χ3v) is 5.50. The van der Waals surface area contributed by atoms with Gasteiger partial charge in [-0.05, 0) is 45.4 Å². The molecule has 28 heavy (non-hydrogen) atoms. The van der Waals surface area contributed by atoms with E-state index in [1.54, 1.807) is 6.92 Å². The van der Waals surface area contributed by atoms with E-state index in [9.17, 15) is 14.7 Å². The zero-order chi connectivity index (χ0) is 20.5. The summed E-state index contributed by atoms with van der Waals surface area (Å²) in [6.07, 6.45) is 0.212. The Kier molecular flexibility index (Phi) is 5.52. The molecule has 0 bridgehead atoms. The van der Waals surface area contributed by atoms with Crippen molar-refractivity contribution in [2.45, 2.75) is 45.6 Å². The molecule has 4 heteroatoms. The largest absolute Gasteiger partial charge is 0.389 e. The van der Waals surface area contributed by atoms with Crippen LogP contribution in [0.3, 0.4) is 0 Å². The molecule has 0 radical (unpaired) electrons. The van der Waals surface area contributed by atoms with E-state index in [1.165, 1.54) is 13.8 Å². The van der Waals surface area contributed by atoms with Crippen molar-refractivity contribution in [1.82, 2.24) is 0 Å². The second-order valence-electron chi connectivity index (χ2n) is 7.95. The fraction of sp³-hybridized carbons (Fsp3) is 0.333. The van der Waals surface area contributed by atoms with Crippen molar-refractivity contribution in [2.24, 2.45) is 5.92 Å². The second kappa shape index (κ2) is 7.72. The number of aryl methyl sites for hydroxylation is 1. The molecule has 0 fully saturated rings. The lowest BCUT2D eigenvalue weighted by Gasteiger charge is -2.43. The van der Waals surface area contributed by atoms with Crippen LogP contribution in [-0.2, 0) is 9.59 Å². The van der Waals surface area contributed by atoms with Gasteiger partial charge in [0, 0.05) is 29.3 Å². The number of hydrogen-bond donors (Lipinski definition) is 2. The topological polar surface area (TPSA) is 66.4 Å². The summed E-state index contributed by atoms with van der Waals surface area (Å²) in [5.41, 5.74) is 2.82. The van der Waals surface area contributed by atoms with Gasteiger partial charge >= 0.3 is 0 Å². The highest BCUT2D eigenvalue weighted by atomic mass is 16.3. The minimum atomic E-state index is -1.27. The van der Waals surface area contributed by atoms with Gasteiger partial charge in [-0.15, -0.1) is 0 Å². The third kappa shape index (κ3) is 3.92. The van der Waals surface area contributed by atoms with Gasteiger partial charge in [0.1, 0.15) is 5.78 Å². The number of aliphatic hydroxyl groups is 1. The van der Waals surface area contributed by atoms with Crippen molar-refractivity contribution in [1.29, 1.82) is 0 Å². The van der Waals surface area contributed by atoms with Crippen molar-refractivity contribution >= 4 is 17.3 Å². The molecular formula is C24H27NO3. The highest BCUT2D eigenvalue weighted by Crippen LogP contribution is 2.47. The van der Waals surface area contributed by atoms with Gasteiger partial charge in [0.2, 0.25) is 0 Å². The molecule has 0 aromatic heterocycles. The molecule has 3 atom stereocenters. The van der Waals surface area contributed by atoms with Gasteiger partial charge in [0.05, 0.1) is 11.5 Å². The number of ketones is 2. The Morgan fingerprint density at radius 3 is 2.18 bits per heavy atom.